The average Bonchev–Trinajstić information content (AvgIpc) is 2.55. The van der Waals surface area contributed by atoms with Crippen molar-refractivity contribution in [3.8, 4) is 5.75 Å². The lowest BCUT2D eigenvalue weighted by Gasteiger charge is -2.52. The summed E-state index contributed by atoms with van der Waals surface area (Å²) in [6.45, 7) is 1.99. The van der Waals surface area contributed by atoms with Crippen LogP contribution in [-0.4, -0.2) is 15.8 Å². The minimum Gasteiger partial charge on any atom is -0.467 e. The lowest BCUT2D eigenvalue weighted by Crippen LogP contribution is -2.65. The number of hydrogen-bond donors (Lipinski definition) is 1. The first-order valence-electron chi connectivity index (χ1n) is 7.71. The van der Waals surface area contributed by atoms with Crippen molar-refractivity contribution in [3.63, 3.8) is 0 Å². The molecule has 2 bridgehead atoms. The predicted molar refractivity (Wildman–Crippen MR) is 102 cm³/mol. The van der Waals surface area contributed by atoms with Crippen LogP contribution >= 0.6 is 28.1 Å². The first kappa shape index (κ1) is 16.3. The van der Waals surface area contributed by atoms with Crippen LogP contribution in [0.2, 0.25) is 0 Å². The zero-order valence-corrected chi connectivity index (χ0v) is 15.6. The molecule has 0 aromatic heterocycles. The van der Waals surface area contributed by atoms with E-state index in [4.69, 9.17) is 17.0 Å². The van der Waals surface area contributed by atoms with Crippen LogP contribution in [0.1, 0.15) is 24.9 Å². The van der Waals surface area contributed by atoms with Crippen LogP contribution in [0.5, 0.6) is 5.75 Å². The molecule has 2 aliphatic heterocycles. The zero-order chi connectivity index (χ0) is 17.8. The molecule has 6 nitrogen and oxygen atoms in total. The number of fused-ring (bicyclic) bond motifs is 4. The Hall–Kier alpha value is -2.19. The quantitative estimate of drug-likeness (QED) is 0.444. The molecule has 2 atom stereocenters. The molecule has 2 aliphatic rings. The van der Waals surface area contributed by atoms with E-state index in [1.165, 1.54) is 6.07 Å². The number of halogens is 1. The second-order valence-corrected chi connectivity index (χ2v) is 7.58. The van der Waals surface area contributed by atoms with Crippen molar-refractivity contribution in [1.29, 1.82) is 0 Å². The number of nitrogens with one attached hydrogen (secondary N) is 1. The molecule has 0 aliphatic carbocycles. The van der Waals surface area contributed by atoms with Crippen molar-refractivity contribution in [3.05, 3.63) is 62.6 Å². The summed E-state index contributed by atoms with van der Waals surface area (Å²) in [6.07, 6.45) is 0.622. The molecule has 0 radical (unpaired) electrons. The number of hydrogen-bond acceptors (Lipinski definition) is 4. The fourth-order valence-electron chi connectivity index (χ4n) is 3.46. The maximum atomic E-state index is 11.1. The van der Waals surface area contributed by atoms with Crippen molar-refractivity contribution in [2.24, 2.45) is 0 Å². The molecule has 1 N–H and O–H groups in total. The van der Waals surface area contributed by atoms with E-state index in [2.05, 4.69) is 21.2 Å². The fraction of sp³-hybridized carbons (Fsp3) is 0.235. The smallest absolute Gasteiger partial charge is 0.270 e. The molecule has 2 aromatic carbocycles. The van der Waals surface area contributed by atoms with Crippen LogP contribution in [0.4, 0.5) is 11.4 Å². The topological polar surface area (TPSA) is 67.6 Å². The molecular formula is C17H14BrN3O3S. The van der Waals surface area contributed by atoms with Crippen molar-refractivity contribution in [2.75, 3.05) is 4.90 Å². The second kappa shape index (κ2) is 5.67. The number of thiocarbonyl (C=S) groups is 1. The van der Waals surface area contributed by atoms with Crippen LogP contribution < -0.4 is 15.0 Å². The third kappa shape index (κ3) is 2.65. The molecule has 1 saturated heterocycles. The number of ether oxygens (including phenoxy) is 1. The third-order valence-corrected chi connectivity index (χ3v) is 5.38. The van der Waals surface area contributed by atoms with Gasteiger partial charge in [0.2, 0.25) is 0 Å². The molecule has 8 heteroatoms. The molecule has 128 valence electrons. The number of nitro groups is 1. The maximum Gasteiger partial charge on any atom is 0.270 e. The molecule has 1 fully saturated rings. The number of non-ortho nitro benzene ring substituents is 1. The summed E-state index contributed by atoms with van der Waals surface area (Å²) in [4.78, 5) is 12.6. The number of nitrogens with zero attached hydrogens (tertiary/aromatic N) is 2. The predicted octanol–water partition coefficient (Wildman–Crippen LogP) is 4.29. The SMILES string of the molecule is C[C@@]12C[C@H](NC(=S)N1c1ccc(Br)cc1)c1cc([N+](=O)[O-])ccc1O2. The van der Waals surface area contributed by atoms with Crippen LogP contribution in [0.25, 0.3) is 0 Å². The highest BCUT2D eigenvalue weighted by molar-refractivity contribution is 9.10. The molecule has 25 heavy (non-hydrogen) atoms. The van der Waals surface area contributed by atoms with E-state index in [0.29, 0.717) is 17.3 Å². The first-order valence-corrected chi connectivity index (χ1v) is 8.91. The minimum absolute atomic E-state index is 0.0500. The molecule has 2 aromatic rings. The number of anilines is 1. The Labute approximate surface area is 158 Å². The van der Waals surface area contributed by atoms with Gasteiger partial charge < -0.3 is 10.1 Å². The van der Waals surface area contributed by atoms with E-state index in [-0.39, 0.29) is 11.7 Å². The standard InChI is InChI=1S/C17H14BrN3O3S/c1-17-9-14(13-8-12(21(22)23)6-7-15(13)24-17)19-16(25)20(17)11-4-2-10(18)3-5-11/h2-8,14H,9H2,1H3,(H,19,25)/t14-,17+/m0/s1. The van der Waals surface area contributed by atoms with Gasteiger partial charge in [-0.2, -0.15) is 0 Å². The normalized spacial score (nSPS) is 24.2. The van der Waals surface area contributed by atoms with E-state index < -0.39 is 10.6 Å². The molecule has 0 amide bonds. The van der Waals surface area contributed by atoms with E-state index in [1.807, 2.05) is 36.1 Å². The van der Waals surface area contributed by atoms with E-state index in [1.54, 1.807) is 12.1 Å². The Morgan fingerprint density at radius 3 is 2.76 bits per heavy atom. The monoisotopic (exact) mass is 419 g/mol. The first-order chi connectivity index (χ1) is 11.9. The van der Waals surface area contributed by atoms with Gasteiger partial charge in [-0.3, -0.25) is 15.0 Å². The largest absolute Gasteiger partial charge is 0.467 e. The van der Waals surface area contributed by atoms with Gasteiger partial charge in [-0.25, -0.2) is 0 Å². The van der Waals surface area contributed by atoms with Crippen LogP contribution in [0.3, 0.4) is 0 Å². The van der Waals surface area contributed by atoms with E-state index >= 15 is 0 Å². The second-order valence-electron chi connectivity index (χ2n) is 6.27. The highest BCUT2D eigenvalue weighted by Crippen LogP contribution is 2.46. The van der Waals surface area contributed by atoms with Gasteiger partial charge in [-0.05, 0) is 49.5 Å². The molecule has 0 unspecified atom stereocenters. The summed E-state index contributed by atoms with van der Waals surface area (Å²) in [5.74, 6) is 0.640. The van der Waals surface area contributed by atoms with Crippen LogP contribution in [0.15, 0.2) is 46.9 Å². The van der Waals surface area contributed by atoms with Gasteiger partial charge in [0.15, 0.2) is 10.8 Å². The van der Waals surface area contributed by atoms with Gasteiger partial charge in [-0.15, -0.1) is 0 Å². The van der Waals surface area contributed by atoms with Gasteiger partial charge in [-0.1, -0.05) is 15.9 Å². The fourth-order valence-corrected chi connectivity index (χ4v) is 4.16. The maximum absolute atomic E-state index is 11.1. The van der Waals surface area contributed by atoms with E-state index in [9.17, 15) is 10.1 Å². The highest BCUT2D eigenvalue weighted by atomic mass is 79.9. The molecular weight excluding hydrogens is 406 g/mol. The van der Waals surface area contributed by atoms with Gasteiger partial charge in [0.05, 0.1) is 11.0 Å². The van der Waals surface area contributed by atoms with Crippen molar-refractivity contribution in [1.82, 2.24) is 5.32 Å². The summed E-state index contributed by atoms with van der Waals surface area (Å²) in [7, 11) is 0. The molecule has 2 heterocycles. The zero-order valence-electron chi connectivity index (χ0n) is 13.2. The number of nitro benzene ring substituents is 1. The minimum atomic E-state index is -0.663. The van der Waals surface area contributed by atoms with Crippen LogP contribution in [0, 0.1) is 10.1 Å². The molecule has 0 saturated carbocycles. The van der Waals surface area contributed by atoms with Crippen molar-refractivity contribution < 1.29 is 9.66 Å². The molecule has 4 rings (SSSR count). The van der Waals surface area contributed by atoms with Crippen LogP contribution in [-0.2, 0) is 0 Å². The Morgan fingerprint density at radius 2 is 2.08 bits per heavy atom. The highest BCUT2D eigenvalue weighted by Gasteiger charge is 2.48. The van der Waals surface area contributed by atoms with Gasteiger partial charge in [0.25, 0.3) is 5.69 Å². The Bertz CT molecular complexity index is 889. The average molecular weight is 420 g/mol. The summed E-state index contributed by atoms with van der Waals surface area (Å²) in [5.41, 5.74) is 1.08. The van der Waals surface area contributed by atoms with Gasteiger partial charge >= 0.3 is 0 Å². The number of benzene rings is 2. The Morgan fingerprint density at radius 1 is 1.36 bits per heavy atom. The number of rotatable bonds is 2. The Kier molecular flexibility index (Phi) is 3.69. The summed E-state index contributed by atoms with van der Waals surface area (Å²) in [5, 5.41) is 14.9. The van der Waals surface area contributed by atoms with Gasteiger partial charge in [0.1, 0.15) is 5.75 Å². The summed E-state index contributed by atoms with van der Waals surface area (Å²) >= 11 is 9.01. The lowest BCUT2D eigenvalue weighted by molar-refractivity contribution is -0.385. The van der Waals surface area contributed by atoms with Gasteiger partial charge in [0, 0.05) is 34.3 Å². The lowest BCUT2D eigenvalue weighted by atomic mass is 9.90. The molecule has 0 spiro atoms. The third-order valence-electron chi connectivity index (χ3n) is 4.55. The van der Waals surface area contributed by atoms with Crippen molar-refractivity contribution >= 4 is 44.6 Å². The summed E-state index contributed by atoms with van der Waals surface area (Å²) in [6, 6.07) is 12.4. The van der Waals surface area contributed by atoms with Crippen molar-refractivity contribution in [2.45, 2.75) is 25.1 Å². The summed E-state index contributed by atoms with van der Waals surface area (Å²) < 4.78 is 7.24. The van der Waals surface area contributed by atoms with E-state index in [0.717, 1.165) is 15.7 Å². The Balaban J connectivity index is 1.77.